The summed E-state index contributed by atoms with van der Waals surface area (Å²) in [6, 6.07) is 2.58. The molecule has 24 heavy (non-hydrogen) atoms. The number of carbonyl (C=O) groups is 3. The van der Waals surface area contributed by atoms with Crippen LogP contribution in [0.25, 0.3) is 0 Å². The number of carbonyl (C=O) groups excluding carboxylic acids is 3. The van der Waals surface area contributed by atoms with Gasteiger partial charge in [-0.1, -0.05) is 6.42 Å². The van der Waals surface area contributed by atoms with Crippen molar-refractivity contribution in [3.05, 3.63) is 35.4 Å². The van der Waals surface area contributed by atoms with Crippen molar-refractivity contribution in [2.24, 2.45) is 0 Å². The topological polar surface area (TPSA) is 84.5 Å². The van der Waals surface area contributed by atoms with E-state index in [4.69, 9.17) is 0 Å². The number of hydrogen-bond acceptors (Lipinski definition) is 4. The molecule has 6 nitrogen and oxygen atoms in total. The van der Waals surface area contributed by atoms with Crippen LogP contribution in [0, 0.1) is 11.6 Å². The summed E-state index contributed by atoms with van der Waals surface area (Å²) in [6.45, 7) is 0.0958. The Bertz CT molecular complexity index is 593. The first-order valence-electron chi connectivity index (χ1n) is 7.50. The SMILES string of the molecule is COC(=O)CCCCCNC(=O)CNC(=O)c1ccc(F)cc1F. The molecule has 0 spiro atoms. The van der Waals surface area contributed by atoms with Crippen molar-refractivity contribution >= 4 is 17.8 Å². The lowest BCUT2D eigenvalue weighted by atomic mass is 10.2. The summed E-state index contributed by atoms with van der Waals surface area (Å²) in [5.41, 5.74) is -0.327. The second-order valence-electron chi connectivity index (χ2n) is 5.04. The number of esters is 1. The van der Waals surface area contributed by atoms with Gasteiger partial charge in [0.15, 0.2) is 0 Å². The van der Waals surface area contributed by atoms with E-state index in [-0.39, 0.29) is 18.1 Å². The van der Waals surface area contributed by atoms with Crippen molar-refractivity contribution in [3.8, 4) is 0 Å². The first-order valence-corrected chi connectivity index (χ1v) is 7.50. The summed E-state index contributed by atoms with van der Waals surface area (Å²) < 4.78 is 30.7. The fraction of sp³-hybridized carbons (Fsp3) is 0.438. The summed E-state index contributed by atoms with van der Waals surface area (Å²) in [5.74, 6) is -3.25. The number of ether oxygens (including phenoxy) is 1. The second-order valence-corrected chi connectivity index (χ2v) is 5.04. The zero-order chi connectivity index (χ0) is 17.9. The van der Waals surface area contributed by atoms with Gasteiger partial charge in [0.1, 0.15) is 11.6 Å². The van der Waals surface area contributed by atoms with Crippen LogP contribution in [-0.4, -0.2) is 38.0 Å². The Labute approximate surface area is 138 Å². The number of hydrogen-bond donors (Lipinski definition) is 2. The van der Waals surface area contributed by atoms with Gasteiger partial charge in [0.25, 0.3) is 5.91 Å². The van der Waals surface area contributed by atoms with Gasteiger partial charge in [-0.2, -0.15) is 0 Å². The third-order valence-electron chi connectivity index (χ3n) is 3.19. The van der Waals surface area contributed by atoms with E-state index in [2.05, 4.69) is 15.4 Å². The van der Waals surface area contributed by atoms with Gasteiger partial charge < -0.3 is 15.4 Å². The van der Waals surface area contributed by atoms with Crippen LogP contribution in [0.3, 0.4) is 0 Å². The fourth-order valence-electron chi connectivity index (χ4n) is 1.89. The average molecular weight is 342 g/mol. The molecule has 1 aromatic carbocycles. The summed E-state index contributed by atoms with van der Waals surface area (Å²) in [4.78, 5) is 34.1. The van der Waals surface area contributed by atoms with Crippen molar-refractivity contribution < 1.29 is 27.9 Å². The number of amides is 2. The lowest BCUT2D eigenvalue weighted by molar-refractivity contribution is -0.140. The van der Waals surface area contributed by atoms with E-state index in [1.165, 1.54) is 7.11 Å². The predicted octanol–water partition coefficient (Wildman–Crippen LogP) is 1.54. The van der Waals surface area contributed by atoms with Crippen LogP contribution < -0.4 is 10.6 Å². The average Bonchev–Trinajstić information content (AvgIpc) is 2.55. The van der Waals surface area contributed by atoms with E-state index < -0.39 is 23.4 Å². The maximum Gasteiger partial charge on any atom is 0.305 e. The molecule has 0 atom stereocenters. The summed E-state index contributed by atoms with van der Waals surface area (Å²) in [7, 11) is 1.33. The highest BCUT2D eigenvalue weighted by Crippen LogP contribution is 2.09. The van der Waals surface area contributed by atoms with Crippen LogP contribution in [0.2, 0.25) is 0 Å². The molecule has 0 radical (unpaired) electrons. The van der Waals surface area contributed by atoms with E-state index in [1.54, 1.807) is 0 Å². The van der Waals surface area contributed by atoms with E-state index in [9.17, 15) is 23.2 Å². The van der Waals surface area contributed by atoms with Crippen molar-refractivity contribution in [1.29, 1.82) is 0 Å². The Hall–Kier alpha value is -2.51. The zero-order valence-electron chi connectivity index (χ0n) is 13.4. The monoisotopic (exact) mass is 342 g/mol. The maximum absolute atomic E-state index is 13.4. The molecule has 1 aromatic rings. The van der Waals surface area contributed by atoms with Gasteiger partial charge in [-0.3, -0.25) is 14.4 Å². The molecule has 0 heterocycles. The van der Waals surface area contributed by atoms with Gasteiger partial charge in [-0.15, -0.1) is 0 Å². The Balaban J connectivity index is 2.19. The fourth-order valence-corrected chi connectivity index (χ4v) is 1.89. The minimum absolute atomic E-state index is 0.269. The first kappa shape index (κ1) is 19.5. The van der Waals surface area contributed by atoms with Gasteiger partial charge in [-0.05, 0) is 25.0 Å². The molecule has 0 aliphatic rings. The molecule has 2 amide bonds. The first-order chi connectivity index (χ1) is 11.4. The minimum Gasteiger partial charge on any atom is -0.469 e. The van der Waals surface area contributed by atoms with Crippen molar-refractivity contribution in [2.45, 2.75) is 25.7 Å². The Kier molecular flexibility index (Phi) is 8.38. The normalized spacial score (nSPS) is 10.1. The second kappa shape index (κ2) is 10.3. The number of methoxy groups -OCH3 is 1. The molecule has 0 aliphatic heterocycles. The van der Waals surface area contributed by atoms with Gasteiger partial charge in [0.2, 0.25) is 5.91 Å². The van der Waals surface area contributed by atoms with Crippen LogP contribution in [0.4, 0.5) is 8.78 Å². The summed E-state index contributed by atoms with van der Waals surface area (Å²) in [6.07, 6.45) is 2.44. The highest BCUT2D eigenvalue weighted by Gasteiger charge is 2.13. The van der Waals surface area contributed by atoms with Crippen molar-refractivity contribution in [1.82, 2.24) is 10.6 Å². The largest absolute Gasteiger partial charge is 0.469 e. The van der Waals surface area contributed by atoms with Crippen LogP contribution in [-0.2, 0) is 14.3 Å². The maximum atomic E-state index is 13.4. The van der Waals surface area contributed by atoms with Crippen LogP contribution in [0.15, 0.2) is 18.2 Å². The molecular formula is C16H20F2N2O4. The highest BCUT2D eigenvalue weighted by atomic mass is 19.1. The molecule has 0 bridgehead atoms. The number of unbranched alkanes of at least 4 members (excludes halogenated alkanes) is 2. The number of benzene rings is 1. The van der Waals surface area contributed by atoms with E-state index in [1.807, 2.05) is 0 Å². The number of halogens is 2. The lowest BCUT2D eigenvalue weighted by Gasteiger charge is -2.07. The van der Waals surface area contributed by atoms with E-state index in [0.717, 1.165) is 18.6 Å². The third kappa shape index (κ3) is 7.17. The molecule has 0 fully saturated rings. The summed E-state index contributed by atoms with van der Waals surface area (Å²) in [5, 5.41) is 4.85. The molecule has 132 valence electrons. The third-order valence-corrected chi connectivity index (χ3v) is 3.19. The molecular weight excluding hydrogens is 322 g/mol. The molecule has 0 unspecified atom stereocenters. The predicted molar refractivity (Wildman–Crippen MR) is 82.2 cm³/mol. The van der Waals surface area contributed by atoms with E-state index >= 15 is 0 Å². The van der Waals surface area contributed by atoms with E-state index in [0.29, 0.717) is 31.9 Å². The smallest absolute Gasteiger partial charge is 0.305 e. The van der Waals surface area contributed by atoms with Crippen molar-refractivity contribution in [2.75, 3.05) is 20.2 Å². The Morgan fingerprint density at radius 1 is 1.08 bits per heavy atom. The number of nitrogens with one attached hydrogen (secondary N) is 2. The van der Waals surface area contributed by atoms with Crippen molar-refractivity contribution in [3.63, 3.8) is 0 Å². The van der Waals surface area contributed by atoms with Gasteiger partial charge in [0, 0.05) is 19.0 Å². The molecule has 0 saturated carbocycles. The Morgan fingerprint density at radius 3 is 2.50 bits per heavy atom. The molecule has 0 saturated heterocycles. The highest BCUT2D eigenvalue weighted by molar-refractivity contribution is 5.96. The lowest BCUT2D eigenvalue weighted by Crippen LogP contribution is -2.37. The van der Waals surface area contributed by atoms with Gasteiger partial charge in [-0.25, -0.2) is 8.78 Å². The Morgan fingerprint density at radius 2 is 1.83 bits per heavy atom. The van der Waals surface area contributed by atoms with Crippen LogP contribution >= 0.6 is 0 Å². The molecule has 8 heteroatoms. The number of rotatable bonds is 9. The summed E-state index contributed by atoms with van der Waals surface area (Å²) >= 11 is 0. The molecule has 2 N–H and O–H groups in total. The molecule has 0 aliphatic carbocycles. The minimum atomic E-state index is -0.987. The van der Waals surface area contributed by atoms with Crippen LogP contribution in [0.1, 0.15) is 36.0 Å². The quantitative estimate of drug-likeness (QED) is 0.527. The van der Waals surface area contributed by atoms with Gasteiger partial charge >= 0.3 is 5.97 Å². The van der Waals surface area contributed by atoms with Crippen LogP contribution in [0.5, 0.6) is 0 Å². The molecule has 1 rings (SSSR count). The molecule has 0 aromatic heterocycles. The zero-order valence-corrected chi connectivity index (χ0v) is 13.4. The standard InChI is InChI=1S/C16H20F2N2O4/c1-24-15(22)5-3-2-4-8-19-14(21)10-20-16(23)12-7-6-11(17)9-13(12)18/h6-7,9H,2-5,8,10H2,1H3,(H,19,21)(H,20,23). The van der Waals surface area contributed by atoms with Gasteiger partial charge in [0.05, 0.1) is 19.2 Å².